The second kappa shape index (κ2) is 8.03. The Morgan fingerprint density at radius 2 is 1.86 bits per heavy atom. The molecule has 6 nitrogen and oxygen atoms in total. The molecule has 1 aliphatic heterocycles. The Labute approximate surface area is 165 Å². The van der Waals surface area contributed by atoms with Gasteiger partial charge in [0.25, 0.3) is 0 Å². The van der Waals surface area contributed by atoms with E-state index in [-0.39, 0.29) is 22.8 Å². The Morgan fingerprint density at radius 1 is 1.17 bits per heavy atom. The number of sulfonamides is 1. The molecule has 1 heterocycles. The lowest BCUT2D eigenvalue weighted by Crippen LogP contribution is -2.47. The van der Waals surface area contributed by atoms with Crippen LogP contribution in [0.3, 0.4) is 0 Å². The highest BCUT2D eigenvalue weighted by Gasteiger charge is 2.52. The van der Waals surface area contributed by atoms with Crippen LogP contribution in [-0.2, 0) is 27.7 Å². The molecule has 29 heavy (non-hydrogen) atoms. The smallest absolute Gasteiger partial charge is 0.426 e. The summed E-state index contributed by atoms with van der Waals surface area (Å²) in [5.74, 6) is -3.69. The van der Waals surface area contributed by atoms with Gasteiger partial charge in [-0.15, -0.1) is 0 Å². The number of nitrogens with one attached hydrogen (secondary N) is 1. The molecule has 2 atom stereocenters. The molecule has 0 spiro atoms. The van der Waals surface area contributed by atoms with E-state index in [0.717, 1.165) is 23.8 Å². The average Bonchev–Trinajstić information content (AvgIpc) is 2.66. The topological polar surface area (TPSA) is 92.7 Å². The zero-order valence-electron chi connectivity index (χ0n) is 15.0. The van der Waals surface area contributed by atoms with Gasteiger partial charge in [-0.2, -0.15) is 13.2 Å². The number of alkyl halides is 3. The highest BCUT2D eigenvalue weighted by Crippen LogP contribution is 2.39. The number of fused-ring (bicyclic) bond motifs is 1. The van der Waals surface area contributed by atoms with Crippen LogP contribution in [0.1, 0.15) is 11.1 Å². The number of hydrogen-bond donors (Lipinski definition) is 2. The molecule has 2 N–H and O–H groups in total. The summed E-state index contributed by atoms with van der Waals surface area (Å²) in [5.41, 5.74) is 1.04. The Bertz CT molecular complexity index is 993. The molecule has 0 radical (unpaired) electrons. The van der Waals surface area contributed by atoms with Gasteiger partial charge < -0.3 is 9.84 Å². The third kappa shape index (κ3) is 4.88. The van der Waals surface area contributed by atoms with Gasteiger partial charge in [-0.25, -0.2) is 13.1 Å². The number of halogens is 3. The molecular formula is C19H18F3NO5S. The highest BCUT2D eigenvalue weighted by molar-refractivity contribution is 7.89. The van der Waals surface area contributed by atoms with Crippen LogP contribution in [0.5, 0.6) is 5.75 Å². The van der Waals surface area contributed by atoms with E-state index < -0.39 is 40.6 Å². The maximum Gasteiger partial charge on any atom is 0.426 e. The monoisotopic (exact) mass is 429 g/mol. The summed E-state index contributed by atoms with van der Waals surface area (Å²) in [6, 6.07) is 12.6. The van der Waals surface area contributed by atoms with E-state index in [1.807, 2.05) is 30.3 Å². The maximum absolute atomic E-state index is 13.1. The number of hydrogen-bond acceptors (Lipinski definition) is 4. The number of carbonyl (C=O) groups is 1. The summed E-state index contributed by atoms with van der Waals surface area (Å²) in [6.07, 6.45) is -7.37. The Balaban J connectivity index is 1.77. The van der Waals surface area contributed by atoms with Crippen LogP contribution >= 0.6 is 0 Å². The maximum atomic E-state index is 13.1. The highest BCUT2D eigenvalue weighted by atomic mass is 32.2. The molecule has 3 rings (SSSR count). The first kappa shape index (κ1) is 21.1. The molecular weight excluding hydrogens is 411 g/mol. The van der Waals surface area contributed by atoms with Crippen LogP contribution in [0.15, 0.2) is 53.4 Å². The minimum Gasteiger partial charge on any atom is -0.481 e. The van der Waals surface area contributed by atoms with Crippen molar-refractivity contribution in [3.8, 4) is 5.75 Å². The SMILES string of the molecule is O=C(O)C1Cc2cc(S(=O)(=O)NCCc3ccccc3)ccc2OC1C(F)(F)F. The van der Waals surface area contributed by atoms with Crippen molar-refractivity contribution in [1.82, 2.24) is 4.72 Å². The second-order valence-corrected chi connectivity index (χ2v) is 8.40. The molecule has 0 bridgehead atoms. The quantitative estimate of drug-likeness (QED) is 0.737. The van der Waals surface area contributed by atoms with Crippen LogP contribution in [0, 0.1) is 5.92 Å². The van der Waals surface area contributed by atoms with Crippen molar-refractivity contribution < 1.29 is 36.2 Å². The van der Waals surface area contributed by atoms with E-state index in [4.69, 9.17) is 9.84 Å². The van der Waals surface area contributed by atoms with Crippen molar-refractivity contribution in [3.05, 3.63) is 59.7 Å². The Morgan fingerprint density at radius 3 is 2.48 bits per heavy atom. The van der Waals surface area contributed by atoms with Crippen LogP contribution in [0.25, 0.3) is 0 Å². The molecule has 156 valence electrons. The number of benzene rings is 2. The van der Waals surface area contributed by atoms with Crippen LogP contribution in [0.4, 0.5) is 13.2 Å². The molecule has 0 aliphatic carbocycles. The van der Waals surface area contributed by atoms with Crippen molar-refractivity contribution >= 4 is 16.0 Å². The minimum absolute atomic E-state index is 0.101. The number of carboxylic acid groups (broad SMARTS) is 1. The fourth-order valence-corrected chi connectivity index (χ4v) is 4.21. The van der Waals surface area contributed by atoms with Crippen molar-refractivity contribution in [1.29, 1.82) is 0 Å². The lowest BCUT2D eigenvalue weighted by Gasteiger charge is -2.32. The van der Waals surface area contributed by atoms with Crippen LogP contribution in [-0.4, -0.2) is 38.3 Å². The first-order valence-corrected chi connectivity index (χ1v) is 10.2. The largest absolute Gasteiger partial charge is 0.481 e. The Kier molecular flexibility index (Phi) is 5.85. The van der Waals surface area contributed by atoms with Crippen LogP contribution < -0.4 is 9.46 Å². The van der Waals surface area contributed by atoms with Crippen molar-refractivity contribution in [2.75, 3.05) is 6.54 Å². The molecule has 0 aromatic heterocycles. The molecule has 0 saturated carbocycles. The second-order valence-electron chi connectivity index (χ2n) is 6.63. The van der Waals surface area contributed by atoms with E-state index in [2.05, 4.69) is 4.72 Å². The van der Waals surface area contributed by atoms with Gasteiger partial charge in [0.05, 0.1) is 4.90 Å². The summed E-state index contributed by atoms with van der Waals surface area (Å²) in [6.45, 7) is 0.133. The lowest BCUT2D eigenvalue weighted by atomic mass is 9.90. The Hall–Kier alpha value is -2.59. The molecule has 0 amide bonds. The third-order valence-electron chi connectivity index (χ3n) is 4.59. The number of carboxylic acids is 1. The van der Waals surface area contributed by atoms with Crippen molar-refractivity contribution in [3.63, 3.8) is 0 Å². The first-order chi connectivity index (χ1) is 13.6. The molecule has 2 aromatic carbocycles. The zero-order valence-corrected chi connectivity index (χ0v) is 15.8. The van der Waals surface area contributed by atoms with E-state index >= 15 is 0 Å². The van der Waals surface area contributed by atoms with Gasteiger partial charge >= 0.3 is 12.1 Å². The minimum atomic E-state index is -4.86. The van der Waals surface area contributed by atoms with Gasteiger partial charge in [0, 0.05) is 6.54 Å². The summed E-state index contributed by atoms with van der Waals surface area (Å²) >= 11 is 0. The number of aliphatic carboxylic acids is 1. The first-order valence-electron chi connectivity index (χ1n) is 8.70. The van der Waals surface area contributed by atoms with E-state index in [1.54, 1.807) is 0 Å². The zero-order chi connectivity index (χ0) is 21.2. The van der Waals surface area contributed by atoms with Crippen molar-refractivity contribution in [2.45, 2.75) is 30.0 Å². The molecule has 2 unspecified atom stereocenters. The van der Waals surface area contributed by atoms with E-state index in [9.17, 15) is 26.4 Å². The van der Waals surface area contributed by atoms with Gasteiger partial charge in [0.1, 0.15) is 11.7 Å². The normalized spacial score (nSPS) is 19.3. The van der Waals surface area contributed by atoms with Crippen molar-refractivity contribution in [2.24, 2.45) is 5.92 Å². The number of ether oxygens (including phenoxy) is 1. The number of rotatable bonds is 6. The summed E-state index contributed by atoms with van der Waals surface area (Å²) < 4.78 is 71.6. The predicted molar refractivity (Wildman–Crippen MR) is 97.1 cm³/mol. The molecule has 10 heteroatoms. The van der Waals surface area contributed by atoms with Gasteiger partial charge in [-0.1, -0.05) is 30.3 Å². The van der Waals surface area contributed by atoms with Gasteiger partial charge in [-0.05, 0) is 42.2 Å². The molecule has 0 saturated heterocycles. The fourth-order valence-electron chi connectivity index (χ4n) is 3.13. The standard InChI is InChI=1S/C19H18F3NO5S/c20-19(21,22)17-15(18(24)25)11-13-10-14(6-7-16(13)28-17)29(26,27)23-9-8-12-4-2-1-3-5-12/h1-7,10,15,17,23H,8-9,11H2,(H,24,25). The predicted octanol–water partition coefficient (Wildman–Crippen LogP) is 2.77. The van der Waals surface area contributed by atoms with Gasteiger partial charge in [0.2, 0.25) is 16.1 Å². The summed E-state index contributed by atoms with van der Waals surface area (Å²) in [7, 11) is -3.92. The van der Waals surface area contributed by atoms with E-state index in [1.165, 1.54) is 0 Å². The average molecular weight is 429 g/mol. The van der Waals surface area contributed by atoms with Crippen LogP contribution in [0.2, 0.25) is 0 Å². The third-order valence-corrected chi connectivity index (χ3v) is 6.05. The van der Waals surface area contributed by atoms with Gasteiger partial charge in [0.15, 0.2) is 0 Å². The molecule has 1 aliphatic rings. The molecule has 2 aromatic rings. The summed E-state index contributed by atoms with van der Waals surface area (Å²) in [4.78, 5) is 11.1. The fraction of sp³-hybridized carbons (Fsp3) is 0.316. The van der Waals surface area contributed by atoms with Gasteiger partial charge in [-0.3, -0.25) is 4.79 Å². The summed E-state index contributed by atoms with van der Waals surface area (Å²) in [5, 5.41) is 9.14. The lowest BCUT2D eigenvalue weighted by molar-refractivity contribution is -0.217. The van der Waals surface area contributed by atoms with E-state index in [0.29, 0.717) is 6.42 Å². The molecule has 0 fully saturated rings.